The van der Waals surface area contributed by atoms with Crippen molar-refractivity contribution in [3.8, 4) is 11.5 Å². The summed E-state index contributed by atoms with van der Waals surface area (Å²) in [5.41, 5.74) is 2.84. The van der Waals surface area contributed by atoms with Gasteiger partial charge in [0, 0.05) is 5.56 Å². The number of para-hydroxylation sites is 2. The summed E-state index contributed by atoms with van der Waals surface area (Å²) in [5.74, 6) is 1.73. The van der Waals surface area contributed by atoms with Crippen LogP contribution in [-0.4, -0.2) is 17.7 Å². The second kappa shape index (κ2) is 8.40. The van der Waals surface area contributed by atoms with Crippen molar-refractivity contribution >= 4 is 11.6 Å². The summed E-state index contributed by atoms with van der Waals surface area (Å²) in [6, 6.07) is 14.4. The largest absolute Gasteiger partial charge is 0.492 e. The SMILES string of the molecule is CCOc1ccccc1NC(=O)c1cccc(OCc2c(C)noc2C)c1. The molecule has 0 fully saturated rings. The molecule has 0 saturated heterocycles. The summed E-state index contributed by atoms with van der Waals surface area (Å²) >= 11 is 0. The van der Waals surface area contributed by atoms with E-state index < -0.39 is 0 Å². The van der Waals surface area contributed by atoms with Gasteiger partial charge < -0.3 is 19.3 Å². The Morgan fingerprint density at radius 3 is 2.67 bits per heavy atom. The molecule has 0 aliphatic carbocycles. The normalized spacial score (nSPS) is 10.5. The van der Waals surface area contributed by atoms with Crippen LogP contribution in [0.15, 0.2) is 53.1 Å². The van der Waals surface area contributed by atoms with E-state index in [9.17, 15) is 4.79 Å². The van der Waals surface area contributed by atoms with Gasteiger partial charge in [-0.05, 0) is 51.1 Å². The summed E-state index contributed by atoms with van der Waals surface area (Å²) in [6.07, 6.45) is 0. The Balaban J connectivity index is 1.70. The predicted octanol–water partition coefficient (Wildman–Crippen LogP) is 4.52. The number of nitrogens with zero attached hydrogens (tertiary/aromatic N) is 1. The van der Waals surface area contributed by atoms with Crippen molar-refractivity contribution in [2.24, 2.45) is 0 Å². The number of carbonyl (C=O) groups is 1. The molecule has 0 aliphatic heterocycles. The van der Waals surface area contributed by atoms with E-state index in [0.717, 1.165) is 17.0 Å². The van der Waals surface area contributed by atoms with Gasteiger partial charge in [-0.1, -0.05) is 23.4 Å². The topological polar surface area (TPSA) is 73.6 Å². The average Bonchev–Trinajstić information content (AvgIpc) is 3.00. The van der Waals surface area contributed by atoms with E-state index >= 15 is 0 Å². The molecule has 27 heavy (non-hydrogen) atoms. The number of rotatable bonds is 7. The summed E-state index contributed by atoms with van der Waals surface area (Å²) in [5, 5.41) is 6.80. The number of anilines is 1. The van der Waals surface area contributed by atoms with Crippen LogP contribution in [0.4, 0.5) is 5.69 Å². The van der Waals surface area contributed by atoms with E-state index in [1.807, 2.05) is 45.0 Å². The average molecular weight is 366 g/mol. The molecule has 0 bridgehead atoms. The van der Waals surface area contributed by atoms with Crippen molar-refractivity contribution in [1.29, 1.82) is 0 Å². The van der Waals surface area contributed by atoms with Gasteiger partial charge in [-0.15, -0.1) is 0 Å². The van der Waals surface area contributed by atoms with Crippen molar-refractivity contribution in [1.82, 2.24) is 5.16 Å². The maximum atomic E-state index is 12.6. The smallest absolute Gasteiger partial charge is 0.255 e. The first-order valence-electron chi connectivity index (χ1n) is 8.76. The van der Waals surface area contributed by atoms with Gasteiger partial charge in [-0.2, -0.15) is 0 Å². The molecule has 6 nitrogen and oxygen atoms in total. The number of nitrogens with one attached hydrogen (secondary N) is 1. The van der Waals surface area contributed by atoms with E-state index in [0.29, 0.717) is 36.0 Å². The molecule has 0 aliphatic rings. The number of hydrogen-bond acceptors (Lipinski definition) is 5. The Kier molecular flexibility index (Phi) is 5.76. The van der Waals surface area contributed by atoms with Crippen LogP contribution in [0.3, 0.4) is 0 Å². The van der Waals surface area contributed by atoms with Gasteiger partial charge in [-0.25, -0.2) is 0 Å². The molecule has 0 radical (unpaired) electrons. The van der Waals surface area contributed by atoms with Crippen LogP contribution < -0.4 is 14.8 Å². The minimum Gasteiger partial charge on any atom is -0.492 e. The third kappa shape index (κ3) is 4.47. The monoisotopic (exact) mass is 366 g/mol. The Bertz CT molecular complexity index is 914. The lowest BCUT2D eigenvalue weighted by atomic mass is 10.2. The third-order valence-corrected chi connectivity index (χ3v) is 4.10. The van der Waals surface area contributed by atoms with Crippen molar-refractivity contribution < 1.29 is 18.8 Å². The Morgan fingerprint density at radius 1 is 1.11 bits per heavy atom. The molecule has 0 atom stereocenters. The number of amides is 1. The molecule has 0 saturated carbocycles. The first-order valence-corrected chi connectivity index (χ1v) is 8.76. The highest BCUT2D eigenvalue weighted by Gasteiger charge is 2.12. The van der Waals surface area contributed by atoms with Crippen molar-refractivity contribution in [2.75, 3.05) is 11.9 Å². The Morgan fingerprint density at radius 2 is 1.93 bits per heavy atom. The fourth-order valence-electron chi connectivity index (χ4n) is 2.64. The van der Waals surface area contributed by atoms with E-state index in [1.165, 1.54) is 0 Å². The first kappa shape index (κ1) is 18.5. The molecular weight excluding hydrogens is 344 g/mol. The van der Waals surface area contributed by atoms with Crippen LogP contribution in [0.1, 0.15) is 34.3 Å². The number of benzene rings is 2. The summed E-state index contributed by atoms with van der Waals surface area (Å²) < 4.78 is 16.5. The zero-order chi connectivity index (χ0) is 19.2. The third-order valence-electron chi connectivity index (χ3n) is 4.10. The number of ether oxygens (including phenoxy) is 2. The van der Waals surface area contributed by atoms with Gasteiger partial charge in [0.05, 0.1) is 23.6 Å². The standard InChI is InChI=1S/C21H22N2O4/c1-4-25-20-11-6-5-10-19(20)22-21(24)16-8-7-9-17(12-16)26-13-18-14(2)23-27-15(18)3/h5-12H,4,13H2,1-3H3,(H,22,24). The van der Waals surface area contributed by atoms with E-state index in [2.05, 4.69) is 10.5 Å². The lowest BCUT2D eigenvalue weighted by molar-refractivity contribution is 0.102. The van der Waals surface area contributed by atoms with Gasteiger partial charge >= 0.3 is 0 Å². The van der Waals surface area contributed by atoms with Crippen molar-refractivity contribution in [3.05, 3.63) is 71.1 Å². The number of hydrogen-bond donors (Lipinski definition) is 1. The molecule has 140 valence electrons. The number of aromatic nitrogens is 1. The van der Waals surface area contributed by atoms with Gasteiger partial charge in [0.15, 0.2) is 0 Å². The summed E-state index contributed by atoms with van der Waals surface area (Å²) in [6.45, 7) is 6.48. The van der Waals surface area contributed by atoms with E-state index in [-0.39, 0.29) is 5.91 Å². The van der Waals surface area contributed by atoms with Crippen molar-refractivity contribution in [2.45, 2.75) is 27.4 Å². The lowest BCUT2D eigenvalue weighted by Gasteiger charge is -2.12. The fraction of sp³-hybridized carbons (Fsp3) is 0.238. The van der Waals surface area contributed by atoms with E-state index in [4.69, 9.17) is 14.0 Å². The molecule has 6 heteroatoms. The molecule has 1 amide bonds. The zero-order valence-electron chi connectivity index (χ0n) is 15.6. The summed E-state index contributed by atoms with van der Waals surface area (Å²) in [7, 11) is 0. The second-order valence-electron chi connectivity index (χ2n) is 6.00. The maximum Gasteiger partial charge on any atom is 0.255 e. The molecular formula is C21H22N2O4. The zero-order valence-corrected chi connectivity index (χ0v) is 15.6. The fourth-order valence-corrected chi connectivity index (χ4v) is 2.64. The highest BCUT2D eigenvalue weighted by Crippen LogP contribution is 2.25. The predicted molar refractivity (Wildman–Crippen MR) is 102 cm³/mol. The molecule has 2 aromatic carbocycles. The van der Waals surface area contributed by atoms with Gasteiger partial charge in [0.2, 0.25) is 0 Å². The molecule has 1 heterocycles. The van der Waals surface area contributed by atoms with Crippen molar-refractivity contribution in [3.63, 3.8) is 0 Å². The number of carbonyl (C=O) groups excluding carboxylic acids is 1. The van der Waals surface area contributed by atoms with Crippen LogP contribution in [-0.2, 0) is 6.61 Å². The van der Waals surface area contributed by atoms with Crippen LogP contribution >= 0.6 is 0 Å². The molecule has 0 unspecified atom stereocenters. The summed E-state index contributed by atoms with van der Waals surface area (Å²) in [4.78, 5) is 12.6. The maximum absolute atomic E-state index is 12.6. The second-order valence-corrected chi connectivity index (χ2v) is 6.00. The van der Waals surface area contributed by atoms with Crippen LogP contribution in [0.25, 0.3) is 0 Å². The Hall–Kier alpha value is -3.28. The minimum atomic E-state index is -0.232. The molecule has 0 spiro atoms. The molecule has 1 N–H and O–H groups in total. The molecule has 3 aromatic rings. The minimum absolute atomic E-state index is 0.232. The molecule has 3 rings (SSSR count). The van der Waals surface area contributed by atoms with E-state index in [1.54, 1.807) is 24.3 Å². The highest BCUT2D eigenvalue weighted by atomic mass is 16.5. The van der Waals surface area contributed by atoms with Crippen LogP contribution in [0.5, 0.6) is 11.5 Å². The Labute approximate surface area is 158 Å². The highest BCUT2D eigenvalue weighted by molar-refractivity contribution is 6.05. The van der Waals surface area contributed by atoms with Gasteiger partial charge in [0.1, 0.15) is 23.9 Å². The van der Waals surface area contributed by atoms with Gasteiger partial charge in [-0.3, -0.25) is 4.79 Å². The van der Waals surface area contributed by atoms with Crippen LogP contribution in [0, 0.1) is 13.8 Å². The number of aryl methyl sites for hydroxylation is 2. The first-order chi connectivity index (χ1) is 13.1. The molecule has 1 aromatic heterocycles. The lowest BCUT2D eigenvalue weighted by Crippen LogP contribution is -2.13. The van der Waals surface area contributed by atoms with Crippen LogP contribution in [0.2, 0.25) is 0 Å². The quantitative estimate of drug-likeness (QED) is 0.665. The van der Waals surface area contributed by atoms with Gasteiger partial charge in [0.25, 0.3) is 5.91 Å².